The lowest BCUT2D eigenvalue weighted by Crippen LogP contribution is -2.76. The lowest BCUT2D eigenvalue weighted by Gasteiger charge is -2.58. The van der Waals surface area contributed by atoms with Crippen LogP contribution in [0.3, 0.4) is 0 Å². The molecule has 1 amide bonds. The van der Waals surface area contributed by atoms with Gasteiger partial charge in [-0.1, -0.05) is 52.0 Å². The number of carboxylic acids is 1. The average molecular weight is 361 g/mol. The predicted octanol–water partition coefficient (Wildman–Crippen LogP) is 3.52. The first-order valence-corrected chi connectivity index (χ1v) is 9.39. The molecule has 0 spiro atoms. The highest BCUT2D eigenvalue weighted by Gasteiger charge is 2.66. The first kappa shape index (κ1) is 20.4. The minimum absolute atomic E-state index is 0.160. The van der Waals surface area contributed by atoms with Crippen LogP contribution in [0.25, 0.3) is 0 Å². The van der Waals surface area contributed by atoms with E-state index in [1.54, 1.807) is 0 Å². The molecule has 0 aliphatic heterocycles. The Hall–Kier alpha value is -1.88. The van der Waals surface area contributed by atoms with Crippen molar-refractivity contribution in [3.05, 3.63) is 35.4 Å². The van der Waals surface area contributed by atoms with E-state index in [2.05, 4.69) is 31.3 Å². The van der Waals surface area contributed by atoms with Crippen LogP contribution in [0.1, 0.15) is 64.5 Å². The fourth-order valence-electron chi connectivity index (χ4n) is 3.66. The largest absolute Gasteiger partial charge is 0.479 e. The van der Waals surface area contributed by atoms with Gasteiger partial charge in [-0.25, -0.2) is 4.79 Å². The van der Waals surface area contributed by atoms with Gasteiger partial charge in [0.1, 0.15) is 5.54 Å². The molecule has 26 heavy (non-hydrogen) atoms. The summed E-state index contributed by atoms with van der Waals surface area (Å²) in [5, 5.41) is 12.5. The first-order valence-electron chi connectivity index (χ1n) is 9.39. The summed E-state index contributed by atoms with van der Waals surface area (Å²) >= 11 is 0. The lowest BCUT2D eigenvalue weighted by molar-refractivity contribution is -0.194. The molecule has 2 rings (SSSR count). The fraction of sp³-hybridized carbons (Fsp3) is 0.619. The number of rotatable bonds is 8. The van der Waals surface area contributed by atoms with E-state index in [0.717, 1.165) is 5.56 Å². The second-order valence-electron chi connectivity index (χ2n) is 8.02. The van der Waals surface area contributed by atoms with Crippen LogP contribution in [-0.4, -0.2) is 35.2 Å². The molecule has 144 valence electrons. The highest BCUT2D eigenvalue weighted by molar-refractivity contribution is 5.89. The molecule has 0 radical (unpaired) electrons. The van der Waals surface area contributed by atoms with Crippen LogP contribution in [0.5, 0.6) is 0 Å². The summed E-state index contributed by atoms with van der Waals surface area (Å²) in [6, 6.07) is 8.23. The van der Waals surface area contributed by atoms with Gasteiger partial charge >= 0.3 is 5.97 Å². The fourth-order valence-corrected chi connectivity index (χ4v) is 3.66. The van der Waals surface area contributed by atoms with Crippen molar-refractivity contribution in [2.24, 2.45) is 5.41 Å². The summed E-state index contributed by atoms with van der Waals surface area (Å²) in [5.41, 5.74) is 0.435. The number of ether oxygens (including phenoxy) is 1. The van der Waals surface area contributed by atoms with E-state index >= 15 is 0 Å². The van der Waals surface area contributed by atoms with Gasteiger partial charge in [0.05, 0.1) is 6.10 Å². The van der Waals surface area contributed by atoms with Crippen molar-refractivity contribution in [1.82, 2.24) is 5.32 Å². The summed E-state index contributed by atoms with van der Waals surface area (Å²) in [4.78, 5) is 24.4. The number of aliphatic carboxylic acids is 1. The molecule has 0 heterocycles. The Labute approximate surface area is 156 Å². The smallest absolute Gasteiger partial charge is 0.330 e. The molecular formula is C21H31NO4. The zero-order valence-corrected chi connectivity index (χ0v) is 16.5. The van der Waals surface area contributed by atoms with Crippen LogP contribution in [0, 0.1) is 5.41 Å². The third-order valence-corrected chi connectivity index (χ3v) is 5.77. The number of carboxylic acid groups (broad SMARTS) is 1. The Bertz CT molecular complexity index is 650. The van der Waals surface area contributed by atoms with E-state index in [4.69, 9.17) is 4.74 Å². The highest BCUT2D eigenvalue weighted by Crippen LogP contribution is 2.51. The van der Waals surface area contributed by atoms with Crippen molar-refractivity contribution < 1.29 is 19.4 Å². The molecule has 2 atom stereocenters. The minimum Gasteiger partial charge on any atom is -0.479 e. The standard InChI is InChI=1S/C21H31NO4/c1-6-26-17-13-21(19(24)25,20(17,4)5)22-18(23)12-9-15-7-10-16(11-8-15)14(2)3/h7-8,10-11,14,17H,6,9,12-13H2,1-5H3,(H,22,23)(H,24,25). The van der Waals surface area contributed by atoms with Gasteiger partial charge in [0.25, 0.3) is 0 Å². The number of benzene rings is 1. The van der Waals surface area contributed by atoms with Gasteiger partial charge in [-0.3, -0.25) is 4.79 Å². The normalized spacial score (nSPS) is 24.2. The quantitative estimate of drug-likeness (QED) is 0.743. The Morgan fingerprint density at radius 2 is 1.88 bits per heavy atom. The monoisotopic (exact) mass is 361 g/mol. The molecule has 0 saturated heterocycles. The van der Waals surface area contributed by atoms with Crippen molar-refractivity contribution in [3.63, 3.8) is 0 Å². The zero-order chi connectivity index (χ0) is 19.5. The number of carbonyl (C=O) groups is 2. The second-order valence-corrected chi connectivity index (χ2v) is 8.02. The maximum atomic E-state index is 12.4. The maximum Gasteiger partial charge on any atom is 0.330 e. The Balaban J connectivity index is 1.98. The first-order chi connectivity index (χ1) is 12.1. The molecule has 1 fully saturated rings. The maximum absolute atomic E-state index is 12.4. The van der Waals surface area contributed by atoms with Crippen molar-refractivity contribution in [1.29, 1.82) is 0 Å². The van der Waals surface area contributed by atoms with Gasteiger partial charge in [0, 0.05) is 24.9 Å². The molecule has 2 unspecified atom stereocenters. The Morgan fingerprint density at radius 1 is 1.27 bits per heavy atom. The number of nitrogens with one attached hydrogen (secondary N) is 1. The van der Waals surface area contributed by atoms with E-state index in [-0.39, 0.29) is 18.4 Å². The van der Waals surface area contributed by atoms with Gasteiger partial charge in [0.15, 0.2) is 0 Å². The van der Waals surface area contributed by atoms with Gasteiger partial charge in [0.2, 0.25) is 5.91 Å². The number of hydrogen-bond donors (Lipinski definition) is 2. The lowest BCUT2D eigenvalue weighted by atomic mass is 9.54. The van der Waals surface area contributed by atoms with Crippen molar-refractivity contribution in [3.8, 4) is 0 Å². The Kier molecular flexibility index (Phi) is 6.12. The summed E-state index contributed by atoms with van der Waals surface area (Å²) in [6.07, 6.45) is 1.01. The molecule has 1 aromatic rings. The second kappa shape index (κ2) is 7.78. The molecule has 1 saturated carbocycles. The third kappa shape index (κ3) is 3.78. The molecule has 2 N–H and O–H groups in total. The molecule has 0 aromatic heterocycles. The number of amides is 1. The van der Waals surface area contributed by atoms with E-state index in [0.29, 0.717) is 25.4 Å². The molecule has 5 nitrogen and oxygen atoms in total. The third-order valence-electron chi connectivity index (χ3n) is 5.77. The molecule has 0 bridgehead atoms. The van der Waals surface area contributed by atoms with Gasteiger partial charge < -0.3 is 15.2 Å². The summed E-state index contributed by atoms with van der Waals surface area (Å²) in [7, 11) is 0. The van der Waals surface area contributed by atoms with Crippen molar-refractivity contribution in [2.75, 3.05) is 6.61 Å². The van der Waals surface area contributed by atoms with Crippen molar-refractivity contribution >= 4 is 11.9 Å². The van der Waals surface area contributed by atoms with Gasteiger partial charge in [-0.15, -0.1) is 0 Å². The van der Waals surface area contributed by atoms with Crippen LogP contribution < -0.4 is 5.32 Å². The number of hydrogen-bond acceptors (Lipinski definition) is 3. The number of aryl methyl sites for hydroxylation is 1. The van der Waals surface area contributed by atoms with E-state index in [1.165, 1.54) is 5.56 Å². The topological polar surface area (TPSA) is 75.6 Å². The summed E-state index contributed by atoms with van der Waals surface area (Å²) in [5.74, 6) is -0.752. The van der Waals surface area contributed by atoms with Crippen LogP contribution in [0.4, 0.5) is 0 Å². The number of carbonyl (C=O) groups excluding carboxylic acids is 1. The van der Waals surface area contributed by atoms with Crippen molar-refractivity contribution in [2.45, 2.75) is 71.4 Å². The van der Waals surface area contributed by atoms with Crippen LogP contribution in [0.15, 0.2) is 24.3 Å². The molecular weight excluding hydrogens is 330 g/mol. The Morgan fingerprint density at radius 3 is 2.35 bits per heavy atom. The zero-order valence-electron chi connectivity index (χ0n) is 16.5. The predicted molar refractivity (Wildman–Crippen MR) is 101 cm³/mol. The van der Waals surface area contributed by atoms with Crippen LogP contribution in [-0.2, 0) is 20.7 Å². The highest BCUT2D eigenvalue weighted by atomic mass is 16.5. The van der Waals surface area contributed by atoms with Crippen LogP contribution >= 0.6 is 0 Å². The van der Waals surface area contributed by atoms with E-state index in [9.17, 15) is 14.7 Å². The average Bonchev–Trinajstić information content (AvgIpc) is 2.58. The summed E-state index contributed by atoms with van der Waals surface area (Å²) < 4.78 is 5.63. The van der Waals surface area contributed by atoms with Gasteiger partial charge in [-0.05, 0) is 30.4 Å². The van der Waals surface area contributed by atoms with E-state index < -0.39 is 16.9 Å². The molecule has 1 aromatic carbocycles. The molecule has 1 aliphatic carbocycles. The van der Waals surface area contributed by atoms with Crippen LogP contribution in [0.2, 0.25) is 0 Å². The molecule has 5 heteroatoms. The minimum atomic E-state index is -1.26. The molecule has 1 aliphatic rings. The SMILES string of the molecule is CCOC1CC(NC(=O)CCc2ccc(C(C)C)cc2)(C(=O)O)C1(C)C. The van der Waals surface area contributed by atoms with Gasteiger partial charge in [-0.2, -0.15) is 0 Å². The van der Waals surface area contributed by atoms with E-state index in [1.807, 2.05) is 32.9 Å². The summed E-state index contributed by atoms with van der Waals surface area (Å²) in [6.45, 7) is 10.4.